The van der Waals surface area contributed by atoms with Crippen LogP contribution < -0.4 is 5.32 Å². The Kier molecular flexibility index (Phi) is 4.29. The molecular formula is C20H29N5O5. The van der Waals surface area contributed by atoms with E-state index in [0.29, 0.717) is 30.7 Å². The number of hydroxylamine groups is 2. The number of hydrogen-bond donors (Lipinski definition) is 2. The SMILES string of the molecule is CC(C)(C)OC(=O)N[C@H]1C[C@@H](Cc2nnc([C@@H]3CC4(CC4)[C@H]4CN3C(=O)N4O)o2)C1. The lowest BCUT2D eigenvalue weighted by Gasteiger charge is -2.35. The second-order valence-corrected chi connectivity index (χ2v) is 10.3. The van der Waals surface area contributed by atoms with Crippen molar-refractivity contribution in [1.29, 1.82) is 0 Å². The highest BCUT2D eigenvalue weighted by Gasteiger charge is 2.63. The van der Waals surface area contributed by atoms with Crippen molar-refractivity contribution in [3.05, 3.63) is 11.8 Å². The first kappa shape index (κ1) is 19.6. The summed E-state index contributed by atoms with van der Waals surface area (Å²) >= 11 is 0. The summed E-state index contributed by atoms with van der Waals surface area (Å²) in [5, 5.41) is 22.4. The molecule has 30 heavy (non-hydrogen) atoms. The molecule has 1 aromatic heterocycles. The molecule has 0 radical (unpaired) electrons. The lowest BCUT2D eigenvalue weighted by Crippen LogP contribution is -2.46. The van der Waals surface area contributed by atoms with Gasteiger partial charge in [-0.2, -0.15) is 0 Å². The minimum Gasteiger partial charge on any atom is -0.444 e. The van der Waals surface area contributed by atoms with Gasteiger partial charge in [-0.15, -0.1) is 10.2 Å². The molecule has 10 nitrogen and oxygen atoms in total. The van der Waals surface area contributed by atoms with E-state index in [1.807, 2.05) is 20.8 Å². The Morgan fingerprint density at radius 3 is 2.73 bits per heavy atom. The van der Waals surface area contributed by atoms with Crippen LogP contribution >= 0.6 is 0 Å². The molecule has 0 unspecified atom stereocenters. The normalized spacial score (nSPS) is 31.7. The lowest BCUT2D eigenvalue weighted by molar-refractivity contribution is -0.0783. The van der Waals surface area contributed by atoms with Gasteiger partial charge in [-0.3, -0.25) is 5.21 Å². The number of nitrogens with one attached hydrogen (secondary N) is 1. The Labute approximate surface area is 174 Å². The summed E-state index contributed by atoms with van der Waals surface area (Å²) in [6.07, 6.45) is 4.74. The fourth-order valence-corrected chi connectivity index (χ4v) is 5.10. The predicted molar refractivity (Wildman–Crippen MR) is 102 cm³/mol. The Hall–Kier alpha value is -2.36. The third-order valence-corrected chi connectivity index (χ3v) is 6.87. The van der Waals surface area contributed by atoms with Crippen LogP contribution in [0.2, 0.25) is 0 Å². The minimum atomic E-state index is -0.505. The van der Waals surface area contributed by atoms with Crippen molar-refractivity contribution < 1.29 is 24.0 Å². The fraction of sp³-hybridized carbons (Fsp3) is 0.800. The molecule has 2 atom stereocenters. The quantitative estimate of drug-likeness (QED) is 0.720. The van der Waals surface area contributed by atoms with Crippen LogP contribution in [0.15, 0.2) is 4.42 Å². The Morgan fingerprint density at radius 2 is 2.07 bits per heavy atom. The topological polar surface area (TPSA) is 121 Å². The Bertz CT molecular complexity index is 854. The number of alkyl carbamates (subject to hydrolysis) is 1. The van der Waals surface area contributed by atoms with Crippen molar-refractivity contribution in [2.24, 2.45) is 11.3 Å². The van der Waals surface area contributed by atoms with Crippen molar-refractivity contribution in [3.63, 3.8) is 0 Å². The van der Waals surface area contributed by atoms with Gasteiger partial charge < -0.3 is 19.4 Å². The predicted octanol–water partition coefficient (Wildman–Crippen LogP) is 2.64. The summed E-state index contributed by atoms with van der Waals surface area (Å²) in [6, 6.07) is -0.649. The summed E-state index contributed by atoms with van der Waals surface area (Å²) in [6.45, 7) is 6.04. The second-order valence-electron chi connectivity index (χ2n) is 10.3. The van der Waals surface area contributed by atoms with Crippen molar-refractivity contribution in [3.8, 4) is 0 Å². The van der Waals surface area contributed by atoms with Crippen LogP contribution in [0.5, 0.6) is 0 Å². The molecule has 2 saturated carbocycles. The molecule has 1 spiro atoms. The molecule has 1 aromatic rings. The van der Waals surface area contributed by atoms with E-state index in [9.17, 15) is 14.8 Å². The van der Waals surface area contributed by atoms with Crippen LogP contribution in [0.1, 0.15) is 70.7 Å². The zero-order valence-corrected chi connectivity index (χ0v) is 17.6. The number of piperidine rings is 1. The van der Waals surface area contributed by atoms with E-state index in [2.05, 4.69) is 15.5 Å². The number of carbonyl (C=O) groups is 2. The Balaban J connectivity index is 1.16. The molecule has 2 aliphatic carbocycles. The molecule has 10 heteroatoms. The molecule has 2 bridgehead atoms. The summed E-state index contributed by atoms with van der Waals surface area (Å²) in [7, 11) is 0. The lowest BCUT2D eigenvalue weighted by atomic mass is 9.78. The first-order valence-corrected chi connectivity index (χ1v) is 10.7. The standard InChI is InChI=1S/C20H29N5O5/c1-19(2,3)30-17(26)21-12-6-11(7-12)8-15-22-23-16(29-15)13-9-20(4-5-20)14-10-24(13)18(27)25(14)28/h11-14,28H,4-10H2,1-3H3,(H,21,26)/t11-,12+,13-,14+/m0/s1. The smallest absolute Gasteiger partial charge is 0.407 e. The average molecular weight is 419 g/mol. The first-order valence-electron chi connectivity index (χ1n) is 10.7. The van der Waals surface area contributed by atoms with E-state index < -0.39 is 5.60 Å². The van der Waals surface area contributed by atoms with Gasteiger partial charge in [-0.05, 0) is 64.2 Å². The van der Waals surface area contributed by atoms with Crippen LogP contribution in [-0.4, -0.2) is 61.7 Å². The highest BCUT2D eigenvalue weighted by molar-refractivity contribution is 5.77. The number of amides is 3. The van der Waals surface area contributed by atoms with E-state index >= 15 is 0 Å². The van der Waals surface area contributed by atoms with Gasteiger partial charge in [-0.1, -0.05) is 0 Å². The van der Waals surface area contributed by atoms with Crippen molar-refractivity contribution in [2.45, 2.75) is 83.0 Å². The summed E-state index contributed by atoms with van der Waals surface area (Å²) < 4.78 is 11.2. The molecule has 2 aliphatic heterocycles. The maximum absolute atomic E-state index is 12.4. The number of aromatic nitrogens is 2. The first-order chi connectivity index (χ1) is 14.1. The second kappa shape index (κ2) is 6.57. The van der Waals surface area contributed by atoms with Crippen LogP contribution in [0.4, 0.5) is 9.59 Å². The van der Waals surface area contributed by atoms with Crippen LogP contribution in [0.3, 0.4) is 0 Å². The van der Waals surface area contributed by atoms with Crippen LogP contribution in [-0.2, 0) is 11.2 Å². The molecule has 4 fully saturated rings. The van der Waals surface area contributed by atoms with Gasteiger partial charge >= 0.3 is 12.1 Å². The molecule has 3 amide bonds. The van der Waals surface area contributed by atoms with E-state index in [0.717, 1.165) is 37.2 Å². The highest BCUT2D eigenvalue weighted by Crippen LogP contribution is 2.61. The summed E-state index contributed by atoms with van der Waals surface area (Å²) in [5.41, 5.74) is -0.513. The largest absolute Gasteiger partial charge is 0.444 e. The zero-order chi connectivity index (χ0) is 21.3. The van der Waals surface area contributed by atoms with Crippen molar-refractivity contribution >= 4 is 12.1 Å². The number of hydrogen-bond acceptors (Lipinski definition) is 7. The van der Waals surface area contributed by atoms with E-state index in [-0.39, 0.29) is 35.7 Å². The molecule has 3 heterocycles. The molecule has 4 aliphatic rings. The number of rotatable bonds is 4. The number of urea groups is 1. The van der Waals surface area contributed by atoms with Gasteiger partial charge in [0.05, 0.1) is 6.04 Å². The highest BCUT2D eigenvalue weighted by atomic mass is 16.6. The van der Waals surface area contributed by atoms with Gasteiger partial charge in [0.25, 0.3) is 0 Å². The van der Waals surface area contributed by atoms with Crippen molar-refractivity contribution in [1.82, 2.24) is 25.5 Å². The maximum Gasteiger partial charge on any atom is 0.407 e. The zero-order valence-electron chi connectivity index (χ0n) is 17.6. The number of carbonyl (C=O) groups excluding carboxylic acids is 2. The monoisotopic (exact) mass is 419 g/mol. The maximum atomic E-state index is 12.4. The van der Waals surface area contributed by atoms with E-state index in [1.54, 1.807) is 4.90 Å². The number of nitrogens with zero attached hydrogens (tertiary/aromatic N) is 4. The minimum absolute atomic E-state index is 0.00869. The molecule has 164 valence electrons. The van der Waals surface area contributed by atoms with Crippen molar-refractivity contribution in [2.75, 3.05) is 6.54 Å². The van der Waals surface area contributed by atoms with Crippen LogP contribution in [0, 0.1) is 11.3 Å². The van der Waals surface area contributed by atoms with Gasteiger partial charge in [0.15, 0.2) is 0 Å². The van der Waals surface area contributed by atoms with Crippen LogP contribution in [0.25, 0.3) is 0 Å². The summed E-state index contributed by atoms with van der Waals surface area (Å²) in [4.78, 5) is 25.9. The third-order valence-electron chi connectivity index (χ3n) is 6.87. The summed E-state index contributed by atoms with van der Waals surface area (Å²) in [5.74, 6) is 1.39. The van der Waals surface area contributed by atoms with Gasteiger partial charge in [-0.25, -0.2) is 14.7 Å². The van der Waals surface area contributed by atoms with E-state index in [1.165, 1.54) is 0 Å². The molecule has 2 saturated heterocycles. The third kappa shape index (κ3) is 3.40. The molecule has 0 aromatic carbocycles. The fourth-order valence-electron chi connectivity index (χ4n) is 5.10. The molecule has 5 rings (SSSR count). The number of fused-ring (bicyclic) bond motifs is 3. The van der Waals surface area contributed by atoms with E-state index in [4.69, 9.17) is 9.15 Å². The van der Waals surface area contributed by atoms with Gasteiger partial charge in [0.2, 0.25) is 11.8 Å². The Morgan fingerprint density at radius 1 is 1.33 bits per heavy atom. The molecule has 2 N–H and O–H groups in total. The van der Waals surface area contributed by atoms with Gasteiger partial charge in [0, 0.05) is 19.0 Å². The van der Waals surface area contributed by atoms with Gasteiger partial charge in [0.1, 0.15) is 11.6 Å². The number of ether oxygens (including phenoxy) is 1. The molecular weight excluding hydrogens is 390 g/mol. The average Bonchev–Trinajstić information content (AvgIpc) is 3.13.